The highest BCUT2D eigenvalue weighted by Gasteiger charge is 2.24. The first-order chi connectivity index (χ1) is 9.36. The van der Waals surface area contributed by atoms with E-state index in [-0.39, 0.29) is 5.91 Å². The van der Waals surface area contributed by atoms with Crippen molar-refractivity contribution >= 4 is 33.1 Å². The average Bonchev–Trinajstić information content (AvgIpc) is 2.85. The number of carbonyl (C=O) groups is 1. The van der Waals surface area contributed by atoms with Gasteiger partial charge in [0.15, 0.2) is 0 Å². The van der Waals surface area contributed by atoms with Crippen molar-refractivity contribution in [1.29, 1.82) is 0 Å². The predicted octanol–water partition coefficient (Wildman–Crippen LogP) is 2.56. The van der Waals surface area contributed by atoms with Gasteiger partial charge in [-0.2, -0.15) is 5.10 Å². The van der Waals surface area contributed by atoms with Crippen LogP contribution in [0.1, 0.15) is 29.2 Å². The van der Waals surface area contributed by atoms with Crippen molar-refractivity contribution in [2.75, 3.05) is 18.8 Å². The van der Waals surface area contributed by atoms with Crippen LogP contribution in [-0.2, 0) is 7.05 Å². The Morgan fingerprint density at radius 3 is 2.70 bits per heavy atom. The molecule has 0 fully saturated rings. The molecule has 0 aromatic carbocycles. The second kappa shape index (κ2) is 5.28. The normalized spacial score (nSPS) is 11.0. The van der Waals surface area contributed by atoms with Crippen molar-refractivity contribution < 1.29 is 4.79 Å². The maximum absolute atomic E-state index is 12.6. The Labute approximate surface area is 122 Å². The van der Waals surface area contributed by atoms with Crippen molar-refractivity contribution in [1.82, 2.24) is 14.7 Å². The fourth-order valence-electron chi connectivity index (χ4n) is 2.28. The SMILES string of the molecule is C=C(C)CN(CC)C(=O)c1sc2c(c(C)nn2C)c1N. The number of nitrogens with two attached hydrogens (primary N) is 1. The lowest BCUT2D eigenvalue weighted by Gasteiger charge is -2.20. The summed E-state index contributed by atoms with van der Waals surface area (Å²) in [6.45, 7) is 10.8. The molecule has 0 aliphatic carbocycles. The molecule has 2 aromatic rings. The van der Waals surface area contributed by atoms with Gasteiger partial charge in [0.05, 0.1) is 16.8 Å². The number of anilines is 1. The highest BCUT2D eigenvalue weighted by atomic mass is 32.1. The summed E-state index contributed by atoms with van der Waals surface area (Å²) in [5.41, 5.74) is 8.52. The van der Waals surface area contributed by atoms with Gasteiger partial charge in [0.2, 0.25) is 0 Å². The highest BCUT2D eigenvalue weighted by Crippen LogP contribution is 2.36. The first kappa shape index (κ1) is 14.6. The Kier molecular flexibility index (Phi) is 3.85. The molecule has 5 nitrogen and oxygen atoms in total. The van der Waals surface area contributed by atoms with Crippen molar-refractivity contribution in [2.45, 2.75) is 20.8 Å². The van der Waals surface area contributed by atoms with Crippen molar-refractivity contribution in [3.63, 3.8) is 0 Å². The van der Waals surface area contributed by atoms with Crippen LogP contribution in [0.3, 0.4) is 0 Å². The van der Waals surface area contributed by atoms with Crippen LogP contribution in [0.2, 0.25) is 0 Å². The van der Waals surface area contributed by atoms with E-state index < -0.39 is 0 Å². The first-order valence-corrected chi connectivity index (χ1v) is 7.33. The van der Waals surface area contributed by atoms with Gasteiger partial charge in [0.1, 0.15) is 9.71 Å². The van der Waals surface area contributed by atoms with E-state index in [9.17, 15) is 4.79 Å². The molecular weight excluding hydrogens is 272 g/mol. The number of aryl methyl sites for hydroxylation is 2. The third-order valence-corrected chi connectivity index (χ3v) is 4.47. The van der Waals surface area contributed by atoms with Crippen LogP contribution in [0.4, 0.5) is 5.69 Å². The topological polar surface area (TPSA) is 64.2 Å². The summed E-state index contributed by atoms with van der Waals surface area (Å²) >= 11 is 1.40. The van der Waals surface area contributed by atoms with E-state index in [4.69, 9.17) is 5.73 Å². The molecular formula is C14H20N4OS. The van der Waals surface area contributed by atoms with Crippen LogP contribution in [0.25, 0.3) is 10.2 Å². The molecule has 0 spiro atoms. The minimum Gasteiger partial charge on any atom is -0.397 e. The van der Waals surface area contributed by atoms with Crippen LogP contribution in [0, 0.1) is 6.92 Å². The molecule has 1 amide bonds. The Morgan fingerprint density at radius 2 is 2.20 bits per heavy atom. The molecule has 0 aliphatic rings. The smallest absolute Gasteiger partial charge is 0.266 e. The number of hydrogen-bond acceptors (Lipinski definition) is 4. The van der Waals surface area contributed by atoms with Gasteiger partial charge < -0.3 is 10.6 Å². The zero-order valence-corrected chi connectivity index (χ0v) is 13.2. The van der Waals surface area contributed by atoms with Crippen LogP contribution < -0.4 is 5.73 Å². The Hall–Kier alpha value is -1.82. The molecule has 0 unspecified atom stereocenters. The number of fused-ring (bicyclic) bond motifs is 1. The zero-order valence-electron chi connectivity index (χ0n) is 12.4. The largest absolute Gasteiger partial charge is 0.397 e. The molecule has 2 heterocycles. The van der Waals surface area contributed by atoms with Crippen molar-refractivity contribution in [3.8, 4) is 0 Å². The molecule has 0 radical (unpaired) electrons. The number of nitrogens with zero attached hydrogens (tertiary/aromatic N) is 3. The summed E-state index contributed by atoms with van der Waals surface area (Å²) in [6.07, 6.45) is 0. The summed E-state index contributed by atoms with van der Waals surface area (Å²) in [4.78, 5) is 15.9. The maximum Gasteiger partial charge on any atom is 0.266 e. The van der Waals surface area contributed by atoms with Crippen LogP contribution in [-0.4, -0.2) is 33.7 Å². The zero-order chi connectivity index (χ0) is 15.0. The van der Waals surface area contributed by atoms with E-state index in [1.165, 1.54) is 11.3 Å². The number of aromatic nitrogens is 2. The molecule has 0 atom stereocenters. The number of carbonyl (C=O) groups excluding carboxylic acids is 1. The molecule has 2 aromatic heterocycles. The molecule has 0 bridgehead atoms. The van der Waals surface area contributed by atoms with E-state index in [0.717, 1.165) is 21.5 Å². The summed E-state index contributed by atoms with van der Waals surface area (Å²) in [5.74, 6) is -0.0337. The average molecular weight is 292 g/mol. The predicted molar refractivity (Wildman–Crippen MR) is 84.1 cm³/mol. The van der Waals surface area contributed by atoms with Gasteiger partial charge in [-0.3, -0.25) is 9.48 Å². The number of hydrogen-bond donors (Lipinski definition) is 1. The molecule has 0 saturated carbocycles. The second-order valence-electron chi connectivity index (χ2n) is 5.01. The van der Waals surface area contributed by atoms with Gasteiger partial charge in [-0.15, -0.1) is 11.3 Å². The van der Waals surface area contributed by atoms with Gasteiger partial charge in [0, 0.05) is 20.1 Å². The number of rotatable bonds is 4. The van der Waals surface area contributed by atoms with E-state index in [2.05, 4.69) is 11.7 Å². The first-order valence-electron chi connectivity index (χ1n) is 6.52. The Bertz CT molecular complexity index is 683. The van der Waals surface area contributed by atoms with Gasteiger partial charge >= 0.3 is 0 Å². The van der Waals surface area contributed by atoms with E-state index >= 15 is 0 Å². The molecule has 108 valence electrons. The molecule has 2 N–H and O–H groups in total. The number of thiophene rings is 1. The maximum atomic E-state index is 12.6. The van der Waals surface area contributed by atoms with Gasteiger partial charge in [-0.05, 0) is 20.8 Å². The van der Waals surface area contributed by atoms with E-state index in [1.54, 1.807) is 9.58 Å². The number of nitrogen functional groups attached to an aromatic ring is 1. The van der Waals surface area contributed by atoms with Crippen molar-refractivity contribution in [3.05, 3.63) is 22.7 Å². The summed E-state index contributed by atoms with van der Waals surface area (Å²) in [7, 11) is 1.87. The Morgan fingerprint density at radius 1 is 1.55 bits per heavy atom. The molecule has 0 aliphatic heterocycles. The van der Waals surface area contributed by atoms with Crippen LogP contribution >= 0.6 is 11.3 Å². The standard InChI is InChI=1S/C14H20N4OS/c1-6-18(7-8(2)3)13(19)12-11(15)10-9(4)16-17(5)14(10)20-12/h2,6-7,15H2,1,3-5H3. The fraction of sp³-hybridized carbons (Fsp3) is 0.429. The van der Waals surface area contributed by atoms with Crippen LogP contribution in [0.15, 0.2) is 12.2 Å². The summed E-state index contributed by atoms with van der Waals surface area (Å²) in [6, 6.07) is 0. The summed E-state index contributed by atoms with van der Waals surface area (Å²) in [5, 5.41) is 5.23. The number of amides is 1. The van der Waals surface area contributed by atoms with Gasteiger partial charge in [-0.1, -0.05) is 12.2 Å². The number of likely N-dealkylation sites (N-methyl/N-ethyl adjacent to an activating group) is 1. The summed E-state index contributed by atoms with van der Waals surface area (Å²) < 4.78 is 1.78. The fourth-order valence-corrected chi connectivity index (χ4v) is 3.44. The van der Waals surface area contributed by atoms with Crippen LogP contribution in [0.5, 0.6) is 0 Å². The lowest BCUT2D eigenvalue weighted by atomic mass is 10.2. The van der Waals surface area contributed by atoms with Crippen molar-refractivity contribution in [2.24, 2.45) is 7.05 Å². The molecule has 20 heavy (non-hydrogen) atoms. The molecule has 0 saturated heterocycles. The van der Waals surface area contributed by atoms with E-state index in [1.807, 2.05) is 27.8 Å². The molecule has 6 heteroatoms. The minimum absolute atomic E-state index is 0.0337. The quantitative estimate of drug-likeness (QED) is 0.881. The monoisotopic (exact) mass is 292 g/mol. The third kappa shape index (κ3) is 2.31. The van der Waals surface area contributed by atoms with E-state index in [0.29, 0.717) is 23.7 Å². The minimum atomic E-state index is -0.0337. The second-order valence-corrected chi connectivity index (χ2v) is 6.01. The molecule has 2 rings (SSSR count). The lowest BCUT2D eigenvalue weighted by Crippen LogP contribution is -2.32. The van der Waals surface area contributed by atoms with Gasteiger partial charge in [-0.25, -0.2) is 0 Å². The lowest BCUT2D eigenvalue weighted by molar-refractivity contribution is 0.0784. The highest BCUT2D eigenvalue weighted by molar-refractivity contribution is 7.21. The third-order valence-electron chi connectivity index (χ3n) is 3.21. The Balaban J connectivity index is 2.47. The van der Waals surface area contributed by atoms with Gasteiger partial charge in [0.25, 0.3) is 5.91 Å².